The van der Waals surface area contributed by atoms with Gasteiger partial charge in [0.25, 0.3) is 0 Å². The number of carbonyl (C=O) groups is 1. The van der Waals surface area contributed by atoms with Gasteiger partial charge in [0.2, 0.25) is 0 Å². The number of aliphatic carboxylic acids is 1. The summed E-state index contributed by atoms with van der Waals surface area (Å²) in [6.07, 6.45) is 4.15. The number of phenols is 1. The van der Waals surface area contributed by atoms with Crippen molar-refractivity contribution in [1.29, 1.82) is 0 Å². The van der Waals surface area contributed by atoms with Gasteiger partial charge < -0.3 is 56.6 Å². The molecule has 0 unspecified atom stereocenters. The van der Waals surface area contributed by atoms with Gasteiger partial charge >= 0.3 is 5.97 Å². The molecule has 4 heterocycles. The molecule has 1 fully saturated rings. The summed E-state index contributed by atoms with van der Waals surface area (Å²) in [6, 6.07) is 21.4. The van der Waals surface area contributed by atoms with Crippen LogP contribution >= 0.6 is 0 Å². The fourth-order valence-corrected chi connectivity index (χ4v) is 12.0. The van der Waals surface area contributed by atoms with Gasteiger partial charge in [-0.05, 0) is 154 Å². The number of aliphatic hydroxyl groups is 7. The van der Waals surface area contributed by atoms with Gasteiger partial charge in [-0.3, -0.25) is 4.79 Å². The Kier molecular flexibility index (Phi) is 21.3. The lowest BCUT2D eigenvalue weighted by Gasteiger charge is -2.52. The quantitative estimate of drug-likeness (QED) is 0.0596. The minimum atomic E-state index is -1.64. The molecule has 13 atom stereocenters. The largest absolute Gasteiger partial charge is 0.508 e. The van der Waals surface area contributed by atoms with Crippen molar-refractivity contribution < 1.29 is 50.8 Å². The highest BCUT2D eigenvalue weighted by Gasteiger charge is 2.53. The van der Waals surface area contributed by atoms with E-state index in [1.54, 1.807) is 18.2 Å². The van der Waals surface area contributed by atoms with Crippen molar-refractivity contribution in [3.63, 3.8) is 0 Å². The molecule has 6 bridgehead atoms. The number of aliphatic hydroxyl groups excluding tert-OH is 6. The predicted molar refractivity (Wildman–Crippen MR) is 287 cm³/mol. The predicted octanol–water partition coefficient (Wildman–Crippen LogP) is 7.40. The maximum atomic E-state index is 14.1. The number of benzene rings is 3. The topological polar surface area (TPSA) is 223 Å². The number of aromatic hydroxyl groups is 1. The third-order valence-electron chi connectivity index (χ3n) is 16.4. The molecule has 400 valence electrons. The maximum absolute atomic E-state index is 14.1. The Balaban J connectivity index is 1.69. The summed E-state index contributed by atoms with van der Waals surface area (Å²) in [6.45, 7) is 9.65. The van der Waals surface area contributed by atoms with E-state index in [1.807, 2.05) is 87.5 Å². The number of rotatable bonds is 17. The number of aryl methyl sites for hydroxylation is 1. The Morgan fingerprint density at radius 1 is 0.904 bits per heavy atom. The number of carboxylic acids is 1. The maximum Gasteiger partial charge on any atom is 0.303 e. The second-order valence-corrected chi connectivity index (χ2v) is 22.3. The Morgan fingerprint density at radius 2 is 1.62 bits per heavy atom. The minimum absolute atomic E-state index is 0.0258. The van der Waals surface area contributed by atoms with Gasteiger partial charge in [-0.25, -0.2) is 0 Å². The number of phenolic OH excluding ortho intramolecular Hbond substituents is 1. The Hall–Kier alpha value is -4.39. The first-order valence-electron chi connectivity index (χ1n) is 27.2. The lowest BCUT2D eigenvalue weighted by Crippen LogP contribution is -2.67. The zero-order valence-corrected chi connectivity index (χ0v) is 44.0. The molecule has 12 nitrogen and oxygen atoms in total. The van der Waals surface area contributed by atoms with E-state index in [-0.39, 0.29) is 62.7 Å². The van der Waals surface area contributed by atoms with E-state index in [4.69, 9.17) is 0 Å². The number of allylic oxidation sites excluding steroid dienone is 2. The van der Waals surface area contributed by atoms with Gasteiger partial charge in [0, 0.05) is 36.0 Å². The molecule has 4 aliphatic rings. The highest BCUT2D eigenvalue weighted by Crippen LogP contribution is 2.46. The molecule has 0 saturated carbocycles. The molecule has 7 rings (SSSR count). The lowest BCUT2D eigenvalue weighted by atomic mass is 9.64. The second kappa shape index (κ2) is 26.9. The van der Waals surface area contributed by atoms with Crippen LogP contribution in [-0.4, -0.2) is 118 Å². The standard InChI is InChI=1S/C61H86N2O10/c1-6-7-14-54(67)55(68)31-25-45-22-21-44-12-9-8-11-43(44)13-10-33-61(60(5,73)52(29-15-39(2)3)46-23-26-47(65)27-24-46)37-42-19-17-41(18-20-42)34-57(70)49-28-16-40(4)62-59(51(49)36-58(71)72)56(69)32-30-53(63-61)50(45)35-48(66)38-64/h8-9,11-12,17-20,23-27,31,39-40,48-49,51-57,59,62-70,73H,6-7,14-16,21-22,28-30,32-38H2,1-5H3,(H,71,72)/b31-25+,50-45+/t40-,48+,49+,51-,52-,53+,54+,55-,56-,57-,59-,60+,61+/m1/s1. The smallest absolute Gasteiger partial charge is 0.303 e. The molecule has 0 radical (unpaired) electrons. The van der Waals surface area contributed by atoms with Crippen LogP contribution in [-0.2, 0) is 24.1 Å². The van der Waals surface area contributed by atoms with Crippen molar-refractivity contribution in [2.24, 2.45) is 17.8 Å². The van der Waals surface area contributed by atoms with Crippen LogP contribution in [0.5, 0.6) is 5.75 Å². The normalized spacial score (nSPS) is 28.8. The van der Waals surface area contributed by atoms with Crippen LogP contribution in [0.25, 0.3) is 0 Å². The molecule has 0 aromatic heterocycles. The van der Waals surface area contributed by atoms with E-state index in [9.17, 15) is 50.8 Å². The summed E-state index contributed by atoms with van der Waals surface area (Å²) in [4.78, 5) is 12.7. The Labute approximate surface area is 434 Å². The average Bonchev–Trinajstić information content (AvgIpc) is 3.51. The monoisotopic (exact) mass is 1010 g/mol. The Bertz CT molecular complexity index is 2340. The fraction of sp³-hybridized carbons (Fsp3) is 0.590. The van der Waals surface area contributed by atoms with E-state index in [1.165, 1.54) is 0 Å². The average molecular weight is 1010 g/mol. The van der Waals surface area contributed by atoms with E-state index in [2.05, 4.69) is 36.3 Å². The van der Waals surface area contributed by atoms with Crippen molar-refractivity contribution in [3.8, 4) is 17.6 Å². The molecule has 3 aromatic rings. The van der Waals surface area contributed by atoms with Gasteiger partial charge in [0.1, 0.15) is 5.75 Å². The van der Waals surface area contributed by atoms with Crippen LogP contribution in [0.2, 0.25) is 0 Å². The first kappa shape index (κ1) is 57.9. The number of carboxylic acid groups (broad SMARTS) is 1. The molecule has 0 aliphatic carbocycles. The molecular formula is C61H86N2O10. The van der Waals surface area contributed by atoms with Gasteiger partial charge in [-0.2, -0.15) is 0 Å². The SMILES string of the molecule is CCCC[C@H](O)[C@H](O)/C=C/C1=C(\C[C@H](O)CO)[C@@H]2CC[C@@H](O)[C@@H]3N[C@H](C)CC[C@@H]([C@H]3CC(=O)O)[C@H](O)Cc3ccc(cc3)C[C@]([C@@](C)(O)[C@H](CCC(C)C)c3ccc(O)cc3)(CC#Cc3ccccc3CC1)N2. The van der Waals surface area contributed by atoms with Gasteiger partial charge in [0.05, 0.1) is 54.7 Å². The summed E-state index contributed by atoms with van der Waals surface area (Å²) in [5.41, 5.74) is 2.81. The van der Waals surface area contributed by atoms with E-state index in [0.29, 0.717) is 44.1 Å². The van der Waals surface area contributed by atoms with E-state index in [0.717, 1.165) is 52.7 Å². The number of hydrogen-bond acceptors (Lipinski definition) is 11. The molecule has 0 amide bonds. The molecule has 12 heteroatoms. The van der Waals surface area contributed by atoms with E-state index < -0.39 is 84.1 Å². The van der Waals surface area contributed by atoms with Crippen LogP contribution in [0, 0.1) is 29.6 Å². The first-order chi connectivity index (χ1) is 34.8. The van der Waals surface area contributed by atoms with Crippen LogP contribution in [0.15, 0.2) is 96.1 Å². The van der Waals surface area contributed by atoms with E-state index >= 15 is 0 Å². The van der Waals surface area contributed by atoms with Crippen LogP contribution in [0.3, 0.4) is 0 Å². The van der Waals surface area contributed by atoms with Crippen molar-refractivity contribution in [1.82, 2.24) is 10.6 Å². The van der Waals surface area contributed by atoms with Crippen molar-refractivity contribution in [3.05, 3.63) is 124 Å². The number of unbranched alkanes of at least 4 members (excludes halogenated alkanes) is 1. The third kappa shape index (κ3) is 15.4. The molecule has 0 spiro atoms. The van der Waals surface area contributed by atoms with Gasteiger partial charge in [-0.15, -0.1) is 0 Å². The lowest BCUT2D eigenvalue weighted by molar-refractivity contribution is -0.139. The van der Waals surface area contributed by atoms with Crippen LogP contribution in [0.4, 0.5) is 0 Å². The number of fused-ring (bicyclic) bond motifs is 6. The molecule has 4 aliphatic heterocycles. The summed E-state index contributed by atoms with van der Waals surface area (Å²) in [5, 5.41) is 112. The van der Waals surface area contributed by atoms with Crippen molar-refractivity contribution >= 4 is 5.97 Å². The zero-order valence-electron chi connectivity index (χ0n) is 44.0. The van der Waals surface area contributed by atoms with Crippen molar-refractivity contribution in [2.75, 3.05) is 6.61 Å². The molecule has 73 heavy (non-hydrogen) atoms. The molecule has 1 saturated heterocycles. The molecular weight excluding hydrogens is 921 g/mol. The highest BCUT2D eigenvalue weighted by atomic mass is 16.4. The Morgan fingerprint density at radius 3 is 2.30 bits per heavy atom. The molecule has 3 aromatic carbocycles. The van der Waals surface area contributed by atoms with Crippen molar-refractivity contribution in [2.45, 2.75) is 203 Å². The fourth-order valence-electron chi connectivity index (χ4n) is 12.0. The highest BCUT2D eigenvalue weighted by molar-refractivity contribution is 5.67. The number of hydrogen-bond donors (Lipinski definition) is 11. The molecule has 11 N–H and O–H groups in total. The third-order valence-corrected chi connectivity index (χ3v) is 16.4. The van der Waals surface area contributed by atoms with Crippen LogP contribution < -0.4 is 10.6 Å². The van der Waals surface area contributed by atoms with Gasteiger partial charge in [0.15, 0.2) is 0 Å². The summed E-state index contributed by atoms with van der Waals surface area (Å²) >= 11 is 0. The minimum Gasteiger partial charge on any atom is -0.508 e. The number of nitrogens with one attached hydrogen (secondary N) is 2. The summed E-state index contributed by atoms with van der Waals surface area (Å²) in [7, 11) is 0. The van der Waals surface area contributed by atoms with Crippen LogP contribution in [0.1, 0.15) is 152 Å². The summed E-state index contributed by atoms with van der Waals surface area (Å²) < 4.78 is 0. The summed E-state index contributed by atoms with van der Waals surface area (Å²) in [5.74, 6) is 4.87. The zero-order chi connectivity index (χ0) is 52.9. The van der Waals surface area contributed by atoms with Gasteiger partial charge in [-0.1, -0.05) is 119 Å². The second-order valence-electron chi connectivity index (χ2n) is 22.3. The first-order valence-corrected chi connectivity index (χ1v) is 27.2.